The van der Waals surface area contributed by atoms with Crippen molar-refractivity contribution in [3.63, 3.8) is 0 Å². The molecule has 5 heteroatoms. The zero-order valence-electron chi connectivity index (χ0n) is 18.1. The summed E-state index contributed by atoms with van der Waals surface area (Å²) in [4.78, 5) is 5.98. The van der Waals surface area contributed by atoms with Crippen LogP contribution in [0.2, 0.25) is 5.02 Å². The molecule has 160 valence electrons. The molecule has 2 aromatic carbocycles. The second kappa shape index (κ2) is 9.34. The minimum absolute atomic E-state index is 0.116. The molecule has 2 atom stereocenters. The zero-order valence-corrected chi connectivity index (χ0v) is 19.7. The highest BCUT2D eigenvalue weighted by molar-refractivity contribution is 7.16. The van der Waals surface area contributed by atoms with Gasteiger partial charge in [0.15, 0.2) is 5.13 Å². The second-order valence-corrected chi connectivity index (χ2v) is 9.82. The van der Waals surface area contributed by atoms with E-state index in [9.17, 15) is 0 Å². The van der Waals surface area contributed by atoms with Crippen LogP contribution in [0.1, 0.15) is 41.2 Å². The van der Waals surface area contributed by atoms with E-state index in [1.54, 1.807) is 18.4 Å². The van der Waals surface area contributed by atoms with Crippen LogP contribution in [-0.4, -0.2) is 18.1 Å². The summed E-state index contributed by atoms with van der Waals surface area (Å²) in [5.74, 6) is 4.81. The van der Waals surface area contributed by atoms with Crippen LogP contribution < -0.4 is 10.1 Å². The normalized spacial score (nSPS) is 15.2. The van der Waals surface area contributed by atoms with Gasteiger partial charge in [0.05, 0.1) is 23.9 Å². The number of methoxy groups -OCH3 is 1. The number of hydrogen-bond acceptors (Lipinski definition) is 4. The molecule has 1 fully saturated rings. The number of halogens is 1. The standard InChI is InChI=1S/C26H27ClN2OS/c1-5-23(20(14-18-11-12-18)19-9-7-6-8-10-19)28-26-29-25(17(3)31-26)21-13-16(2)24(30-4)15-22(21)27/h1,6-10,13,15,18,20,23H,11-12,14H2,2-4H3,(H,28,29)/t20-,23?/m0/s1. The van der Waals surface area contributed by atoms with Crippen molar-refractivity contribution in [3.05, 3.63) is 63.5 Å². The summed E-state index contributed by atoms with van der Waals surface area (Å²) in [6, 6.07) is 14.3. The van der Waals surface area contributed by atoms with E-state index in [4.69, 9.17) is 27.7 Å². The molecule has 3 aromatic rings. The molecule has 0 bridgehead atoms. The first kappa shape index (κ1) is 21.7. The van der Waals surface area contributed by atoms with Crippen LogP contribution in [0.3, 0.4) is 0 Å². The van der Waals surface area contributed by atoms with Crippen LogP contribution in [0.15, 0.2) is 42.5 Å². The van der Waals surface area contributed by atoms with Gasteiger partial charge in [-0.3, -0.25) is 0 Å². The average Bonchev–Trinajstić information content (AvgIpc) is 3.53. The average molecular weight is 451 g/mol. The van der Waals surface area contributed by atoms with Gasteiger partial charge in [0.25, 0.3) is 0 Å². The Morgan fingerprint density at radius 2 is 2.00 bits per heavy atom. The number of nitrogens with zero attached hydrogens (tertiary/aromatic N) is 1. The first-order valence-corrected chi connectivity index (χ1v) is 11.8. The number of anilines is 1. The Morgan fingerprint density at radius 3 is 2.65 bits per heavy atom. The first-order chi connectivity index (χ1) is 15.0. The van der Waals surface area contributed by atoms with Gasteiger partial charge in [-0.25, -0.2) is 4.98 Å². The van der Waals surface area contributed by atoms with Crippen molar-refractivity contribution in [1.82, 2.24) is 4.98 Å². The van der Waals surface area contributed by atoms with Crippen LogP contribution >= 0.6 is 22.9 Å². The maximum atomic E-state index is 6.56. The molecule has 1 aliphatic carbocycles. The molecule has 0 spiro atoms. The fraction of sp³-hybridized carbons (Fsp3) is 0.346. The van der Waals surface area contributed by atoms with Gasteiger partial charge >= 0.3 is 0 Å². The number of nitrogens with one attached hydrogen (secondary N) is 1. The Balaban J connectivity index is 1.62. The van der Waals surface area contributed by atoms with Crippen molar-refractivity contribution in [1.29, 1.82) is 0 Å². The van der Waals surface area contributed by atoms with Gasteiger partial charge in [-0.05, 0) is 49.4 Å². The van der Waals surface area contributed by atoms with Crippen molar-refractivity contribution in [2.75, 3.05) is 12.4 Å². The molecular formula is C26H27ClN2OS. The molecule has 0 saturated heterocycles. The van der Waals surface area contributed by atoms with E-state index in [2.05, 4.69) is 42.4 Å². The number of rotatable bonds is 8. The fourth-order valence-electron chi connectivity index (χ4n) is 4.04. The minimum atomic E-state index is -0.116. The summed E-state index contributed by atoms with van der Waals surface area (Å²) >= 11 is 8.17. The van der Waals surface area contributed by atoms with E-state index in [0.29, 0.717) is 5.02 Å². The van der Waals surface area contributed by atoms with Crippen molar-refractivity contribution < 1.29 is 4.74 Å². The Kier molecular flexibility index (Phi) is 6.55. The summed E-state index contributed by atoms with van der Waals surface area (Å²) < 4.78 is 5.39. The number of terminal acetylenes is 1. The smallest absolute Gasteiger partial charge is 0.184 e. The quantitative estimate of drug-likeness (QED) is 0.372. The SMILES string of the molecule is C#CC(Nc1nc(-c2cc(C)c(OC)cc2Cl)c(C)s1)[C@@H](CC1CC1)c1ccccc1. The van der Waals surface area contributed by atoms with E-state index >= 15 is 0 Å². The third-order valence-electron chi connectivity index (χ3n) is 5.91. The van der Waals surface area contributed by atoms with Crippen molar-refractivity contribution in [2.45, 2.75) is 45.1 Å². The lowest BCUT2D eigenvalue weighted by molar-refractivity contribution is 0.412. The maximum absolute atomic E-state index is 6.56. The summed E-state index contributed by atoms with van der Waals surface area (Å²) in [5, 5.41) is 5.01. The predicted molar refractivity (Wildman–Crippen MR) is 131 cm³/mol. The molecule has 1 heterocycles. The molecule has 1 aliphatic rings. The first-order valence-electron chi connectivity index (χ1n) is 10.6. The lowest BCUT2D eigenvalue weighted by atomic mass is 9.87. The van der Waals surface area contributed by atoms with Crippen LogP contribution in [0.5, 0.6) is 5.75 Å². The third-order valence-corrected chi connectivity index (χ3v) is 7.12. The molecular weight excluding hydrogens is 424 g/mol. The fourth-order valence-corrected chi connectivity index (χ4v) is 5.15. The topological polar surface area (TPSA) is 34.2 Å². The van der Waals surface area contributed by atoms with Gasteiger partial charge in [-0.1, -0.05) is 60.7 Å². The Morgan fingerprint density at radius 1 is 1.26 bits per heavy atom. The number of aromatic nitrogens is 1. The van der Waals surface area contributed by atoms with Gasteiger partial charge in [0.1, 0.15) is 5.75 Å². The minimum Gasteiger partial charge on any atom is -0.496 e. The van der Waals surface area contributed by atoms with Crippen LogP contribution in [0.25, 0.3) is 11.3 Å². The summed E-state index contributed by atoms with van der Waals surface area (Å²) in [6.45, 7) is 4.08. The zero-order chi connectivity index (χ0) is 22.0. The molecule has 0 radical (unpaired) electrons. The van der Waals surface area contributed by atoms with E-state index in [1.807, 2.05) is 25.1 Å². The molecule has 1 unspecified atom stereocenters. The van der Waals surface area contributed by atoms with Gasteiger partial charge < -0.3 is 10.1 Å². The van der Waals surface area contributed by atoms with Crippen molar-refractivity contribution in [3.8, 4) is 29.4 Å². The molecule has 4 rings (SSSR count). The summed E-state index contributed by atoms with van der Waals surface area (Å²) in [6.07, 6.45) is 9.72. The highest BCUT2D eigenvalue weighted by Crippen LogP contribution is 2.42. The second-order valence-electron chi connectivity index (χ2n) is 8.21. The monoisotopic (exact) mass is 450 g/mol. The van der Waals surface area contributed by atoms with E-state index < -0.39 is 0 Å². The van der Waals surface area contributed by atoms with Gasteiger partial charge in [-0.15, -0.1) is 17.8 Å². The highest BCUT2D eigenvalue weighted by atomic mass is 35.5. The van der Waals surface area contributed by atoms with Crippen LogP contribution in [0.4, 0.5) is 5.13 Å². The predicted octanol–water partition coefficient (Wildman–Crippen LogP) is 7.09. The number of benzene rings is 2. The van der Waals surface area contributed by atoms with Gasteiger partial charge in [0.2, 0.25) is 0 Å². The van der Waals surface area contributed by atoms with Crippen molar-refractivity contribution >= 4 is 28.1 Å². The van der Waals surface area contributed by atoms with Crippen LogP contribution in [-0.2, 0) is 0 Å². The van der Waals surface area contributed by atoms with Gasteiger partial charge in [0, 0.05) is 16.4 Å². The lowest BCUT2D eigenvalue weighted by Crippen LogP contribution is -2.26. The van der Waals surface area contributed by atoms with Crippen molar-refractivity contribution in [2.24, 2.45) is 5.92 Å². The molecule has 0 amide bonds. The molecule has 0 aliphatic heterocycles. The van der Waals surface area contributed by atoms with E-state index in [1.165, 1.54) is 18.4 Å². The molecule has 1 N–H and O–H groups in total. The van der Waals surface area contributed by atoms with E-state index in [0.717, 1.165) is 44.9 Å². The molecule has 1 saturated carbocycles. The Labute approximate surface area is 193 Å². The number of aryl methyl sites for hydroxylation is 2. The third kappa shape index (κ3) is 4.89. The molecule has 3 nitrogen and oxygen atoms in total. The largest absolute Gasteiger partial charge is 0.496 e. The highest BCUT2D eigenvalue weighted by Gasteiger charge is 2.31. The maximum Gasteiger partial charge on any atom is 0.184 e. The Hall–Kier alpha value is -2.48. The van der Waals surface area contributed by atoms with Gasteiger partial charge in [-0.2, -0.15) is 0 Å². The summed E-state index contributed by atoms with van der Waals surface area (Å²) in [7, 11) is 1.65. The number of ether oxygens (including phenoxy) is 1. The molecule has 1 aromatic heterocycles. The molecule has 31 heavy (non-hydrogen) atoms. The number of hydrogen-bond donors (Lipinski definition) is 1. The van der Waals surface area contributed by atoms with Crippen LogP contribution in [0, 0.1) is 32.1 Å². The Bertz CT molecular complexity index is 1100. The number of thiazole rings is 1. The summed E-state index contributed by atoms with van der Waals surface area (Å²) in [5.41, 5.74) is 4.11. The lowest BCUT2D eigenvalue weighted by Gasteiger charge is -2.24. The van der Waals surface area contributed by atoms with E-state index in [-0.39, 0.29) is 12.0 Å².